The van der Waals surface area contributed by atoms with Crippen molar-refractivity contribution < 1.29 is 13.9 Å². The van der Waals surface area contributed by atoms with Crippen molar-refractivity contribution in [3.8, 4) is 17.7 Å². The summed E-state index contributed by atoms with van der Waals surface area (Å²) in [5.41, 5.74) is 6.18. The predicted molar refractivity (Wildman–Crippen MR) is 132 cm³/mol. The molecule has 186 valence electrons. The van der Waals surface area contributed by atoms with Crippen LogP contribution in [-0.4, -0.2) is 73.8 Å². The zero-order valence-electron chi connectivity index (χ0n) is 19.9. The fourth-order valence-electron chi connectivity index (χ4n) is 5.22. The van der Waals surface area contributed by atoms with Gasteiger partial charge in [0, 0.05) is 43.5 Å². The molecule has 3 aromatic rings. The molecule has 7 heterocycles. The second kappa shape index (κ2) is 9.24. The molecule has 36 heavy (non-hydrogen) atoms. The van der Waals surface area contributed by atoms with Gasteiger partial charge in [-0.3, -0.25) is 15.2 Å². The van der Waals surface area contributed by atoms with Gasteiger partial charge in [-0.05, 0) is 31.0 Å². The van der Waals surface area contributed by atoms with Crippen LogP contribution >= 0.6 is 11.8 Å². The van der Waals surface area contributed by atoms with Crippen molar-refractivity contribution in [2.75, 3.05) is 26.8 Å². The maximum atomic E-state index is 14.1. The highest BCUT2D eigenvalue weighted by molar-refractivity contribution is 8.15. The van der Waals surface area contributed by atoms with Crippen molar-refractivity contribution in [3.63, 3.8) is 0 Å². The Morgan fingerprint density at radius 1 is 1.28 bits per heavy atom. The van der Waals surface area contributed by atoms with Crippen LogP contribution in [0.1, 0.15) is 30.0 Å². The van der Waals surface area contributed by atoms with Gasteiger partial charge in [0.2, 0.25) is 5.88 Å². The molecule has 0 radical (unpaired) electrons. The molecule has 10 nitrogen and oxygen atoms in total. The number of nitrogens with zero attached hydrogens (tertiary/aromatic N) is 7. The number of thioether (sulfide) groups is 1. The highest BCUT2D eigenvalue weighted by atomic mass is 32.2. The van der Waals surface area contributed by atoms with E-state index in [2.05, 4.69) is 36.5 Å². The molecule has 1 N–H and O–H groups in total. The first-order chi connectivity index (χ1) is 17.6. The predicted octanol–water partition coefficient (Wildman–Crippen LogP) is 2.39. The lowest BCUT2D eigenvalue weighted by Gasteiger charge is -2.57. The van der Waals surface area contributed by atoms with Gasteiger partial charge in [-0.15, -0.1) is 0 Å². The lowest BCUT2D eigenvalue weighted by molar-refractivity contribution is -0.0804. The van der Waals surface area contributed by atoms with Crippen LogP contribution in [0.2, 0.25) is 0 Å². The Hall–Kier alpha value is -3.40. The quantitative estimate of drug-likeness (QED) is 0.515. The van der Waals surface area contributed by atoms with E-state index in [1.165, 1.54) is 13.2 Å². The molecule has 0 aromatic carbocycles. The summed E-state index contributed by atoms with van der Waals surface area (Å²) in [5.74, 6) is 0.271. The molecule has 3 unspecified atom stereocenters. The van der Waals surface area contributed by atoms with Gasteiger partial charge in [0.1, 0.15) is 22.4 Å². The van der Waals surface area contributed by atoms with Gasteiger partial charge < -0.3 is 9.47 Å². The van der Waals surface area contributed by atoms with Gasteiger partial charge in [-0.2, -0.15) is 15.5 Å². The number of methoxy groups -OCH3 is 1. The number of piperazine rings is 1. The summed E-state index contributed by atoms with van der Waals surface area (Å²) < 4.78 is 26.4. The van der Waals surface area contributed by atoms with Crippen LogP contribution in [0.25, 0.3) is 5.52 Å². The van der Waals surface area contributed by atoms with Gasteiger partial charge >= 0.3 is 0 Å². The standard InChI is InChI=1S/C24H25FN8O2S/c1-3-35-18-6-19(21-15(7-26)9-28-33(21)13-18)23-29-30-24(36-23)31-11-16-5-17(12-31)32(16)10-14-4-20(25)22(34-2)27-8-14/h4,6,8-9,13,16-17,24,30H,3,5,10-12H2,1-2H3. The van der Waals surface area contributed by atoms with Crippen LogP contribution in [0, 0.1) is 17.1 Å². The molecule has 2 bridgehead atoms. The van der Waals surface area contributed by atoms with E-state index >= 15 is 0 Å². The van der Waals surface area contributed by atoms with Crippen LogP contribution < -0.4 is 14.9 Å². The Morgan fingerprint density at radius 3 is 2.83 bits per heavy atom. The van der Waals surface area contributed by atoms with Crippen molar-refractivity contribution in [1.29, 1.82) is 5.26 Å². The summed E-state index contributed by atoms with van der Waals surface area (Å²) in [4.78, 5) is 8.88. The number of fused-ring (bicyclic) bond motifs is 3. The molecular formula is C24H25FN8O2S. The Morgan fingerprint density at radius 2 is 2.11 bits per heavy atom. The van der Waals surface area contributed by atoms with E-state index in [4.69, 9.17) is 9.47 Å². The minimum absolute atomic E-state index is 0.00296. The monoisotopic (exact) mass is 508 g/mol. The Bertz CT molecular complexity index is 1380. The number of nitriles is 1. The average molecular weight is 509 g/mol. The summed E-state index contributed by atoms with van der Waals surface area (Å²) in [6.07, 6.45) is 6.17. The first-order valence-electron chi connectivity index (χ1n) is 11.8. The largest absolute Gasteiger partial charge is 0.492 e. The van der Waals surface area contributed by atoms with E-state index in [1.54, 1.807) is 34.9 Å². The molecule has 3 saturated heterocycles. The van der Waals surface area contributed by atoms with E-state index < -0.39 is 5.82 Å². The molecule has 0 spiro atoms. The van der Waals surface area contributed by atoms with Crippen molar-refractivity contribution in [3.05, 3.63) is 53.2 Å². The second-order valence-corrected chi connectivity index (χ2v) is 10.1. The number of pyridine rings is 2. The number of hydrogen-bond donors (Lipinski definition) is 1. The zero-order chi connectivity index (χ0) is 24.8. The number of rotatable bonds is 7. The van der Waals surface area contributed by atoms with Gasteiger partial charge in [0.05, 0.1) is 37.2 Å². The smallest absolute Gasteiger partial charge is 0.250 e. The van der Waals surface area contributed by atoms with Gasteiger partial charge in [0.25, 0.3) is 0 Å². The molecule has 3 fully saturated rings. The minimum Gasteiger partial charge on any atom is -0.492 e. The van der Waals surface area contributed by atoms with Gasteiger partial charge in [0.15, 0.2) is 5.82 Å². The van der Waals surface area contributed by atoms with E-state index in [1.807, 2.05) is 13.0 Å². The highest BCUT2D eigenvalue weighted by Gasteiger charge is 2.47. The molecule has 3 atom stereocenters. The summed E-state index contributed by atoms with van der Waals surface area (Å²) >= 11 is 1.64. The van der Waals surface area contributed by atoms with Gasteiger partial charge in [-0.1, -0.05) is 11.8 Å². The maximum Gasteiger partial charge on any atom is 0.250 e. The van der Waals surface area contributed by atoms with Crippen LogP contribution in [0.15, 0.2) is 35.8 Å². The second-order valence-electron chi connectivity index (χ2n) is 9.01. The summed E-state index contributed by atoms with van der Waals surface area (Å²) in [7, 11) is 1.42. The first kappa shape index (κ1) is 23.0. The zero-order valence-corrected chi connectivity index (χ0v) is 20.7. The van der Waals surface area contributed by atoms with Crippen molar-refractivity contribution in [2.24, 2.45) is 5.10 Å². The third-order valence-electron chi connectivity index (χ3n) is 6.88. The average Bonchev–Trinajstić information content (AvgIpc) is 3.55. The summed E-state index contributed by atoms with van der Waals surface area (Å²) in [5, 5.41) is 19.3. The number of hydrogen-bond acceptors (Lipinski definition) is 10. The molecule has 0 aliphatic carbocycles. The fraction of sp³-hybridized carbons (Fsp3) is 0.417. The third-order valence-corrected chi connectivity index (χ3v) is 8.04. The summed E-state index contributed by atoms with van der Waals surface area (Å²) in [6.45, 7) is 4.91. The Kier molecular flexibility index (Phi) is 5.91. The topological polar surface area (TPSA) is 103 Å². The molecular weight excluding hydrogens is 483 g/mol. The third kappa shape index (κ3) is 3.93. The highest BCUT2D eigenvalue weighted by Crippen LogP contribution is 2.38. The van der Waals surface area contributed by atoms with Crippen molar-refractivity contribution in [2.45, 2.75) is 37.5 Å². The van der Waals surface area contributed by atoms with Crippen molar-refractivity contribution >= 4 is 22.3 Å². The lowest BCUT2D eigenvalue weighted by atomic mass is 9.87. The number of hydrazone groups is 1. The molecule has 7 rings (SSSR count). The number of aromatic nitrogens is 3. The van der Waals surface area contributed by atoms with E-state index in [0.29, 0.717) is 36.5 Å². The lowest BCUT2D eigenvalue weighted by Crippen LogP contribution is -2.69. The first-order valence-corrected chi connectivity index (χ1v) is 12.7. The molecule has 0 saturated carbocycles. The van der Waals surface area contributed by atoms with E-state index in [0.717, 1.165) is 41.2 Å². The SMILES string of the molecule is CCOc1cc(C2=NNC(N3CC4CC(C3)N4Cc3cnc(OC)c(F)c3)S2)c2c(C#N)cnn2c1. The van der Waals surface area contributed by atoms with Crippen LogP contribution in [0.3, 0.4) is 0 Å². The summed E-state index contributed by atoms with van der Waals surface area (Å²) in [6, 6.07) is 6.45. The van der Waals surface area contributed by atoms with Crippen LogP contribution in [0.5, 0.6) is 11.6 Å². The number of halogens is 1. The van der Waals surface area contributed by atoms with E-state index in [9.17, 15) is 9.65 Å². The minimum atomic E-state index is -0.432. The fourth-order valence-corrected chi connectivity index (χ4v) is 6.25. The number of piperidine rings is 1. The van der Waals surface area contributed by atoms with Gasteiger partial charge in [-0.25, -0.2) is 13.9 Å². The normalized spacial score (nSPS) is 23.6. The number of nitrogens with one attached hydrogen (secondary N) is 1. The van der Waals surface area contributed by atoms with Crippen LogP contribution in [-0.2, 0) is 6.54 Å². The molecule has 0 amide bonds. The maximum absolute atomic E-state index is 14.1. The molecule has 12 heteroatoms. The Balaban J connectivity index is 1.14. The number of ether oxygens (including phenoxy) is 2. The molecule has 4 aliphatic rings. The van der Waals surface area contributed by atoms with Crippen LogP contribution in [0.4, 0.5) is 4.39 Å². The Labute approximate surface area is 211 Å². The van der Waals surface area contributed by atoms with Crippen molar-refractivity contribution in [1.82, 2.24) is 29.8 Å². The van der Waals surface area contributed by atoms with E-state index in [-0.39, 0.29) is 11.4 Å². The molecule has 3 aromatic heterocycles. The molecule has 4 aliphatic heterocycles.